The molecule has 0 N–H and O–H groups in total. The van der Waals surface area contributed by atoms with E-state index in [2.05, 4.69) is 5.16 Å². The largest absolute Gasteiger partial charge is 0.490 e. The van der Waals surface area contributed by atoms with Crippen LogP contribution in [0.4, 0.5) is 0 Å². The Kier molecular flexibility index (Phi) is 4.31. The van der Waals surface area contributed by atoms with E-state index in [0.29, 0.717) is 42.6 Å². The molecule has 0 fully saturated rings. The fourth-order valence-electron chi connectivity index (χ4n) is 1.83. The van der Waals surface area contributed by atoms with Crippen LogP contribution in [0.3, 0.4) is 0 Å². The molecule has 0 bridgehead atoms. The Morgan fingerprint density at radius 2 is 2.00 bits per heavy atom. The number of rotatable bonds is 6. The van der Waals surface area contributed by atoms with Gasteiger partial charge in [0.05, 0.1) is 18.9 Å². The Morgan fingerprint density at radius 3 is 2.67 bits per heavy atom. The van der Waals surface area contributed by atoms with E-state index in [9.17, 15) is 0 Å². The van der Waals surface area contributed by atoms with Crippen LogP contribution in [0.15, 0.2) is 16.7 Å². The predicted molar refractivity (Wildman–Crippen MR) is 70.8 cm³/mol. The summed E-state index contributed by atoms with van der Waals surface area (Å²) >= 11 is 5.74. The zero-order valence-corrected chi connectivity index (χ0v) is 11.3. The van der Waals surface area contributed by atoms with Gasteiger partial charge >= 0.3 is 0 Å². The number of halogens is 1. The molecular weight excluding hydrogens is 254 g/mol. The molecule has 0 saturated carbocycles. The number of aryl methyl sites for hydroxylation is 1. The van der Waals surface area contributed by atoms with Crippen LogP contribution >= 0.6 is 11.6 Å². The van der Waals surface area contributed by atoms with E-state index in [4.69, 9.17) is 25.6 Å². The standard InChI is InChI=1S/C13H16ClNO3/c1-3-16-11-6-5-9-10(7-8-14)15-18-12(9)13(11)17-4-2/h5-6H,3-4,7-8H2,1-2H3. The highest BCUT2D eigenvalue weighted by atomic mass is 35.5. The lowest BCUT2D eigenvalue weighted by molar-refractivity contribution is 0.285. The maximum Gasteiger partial charge on any atom is 0.212 e. The minimum absolute atomic E-state index is 0.513. The lowest BCUT2D eigenvalue weighted by atomic mass is 10.1. The van der Waals surface area contributed by atoms with Crippen molar-refractivity contribution in [3.8, 4) is 11.5 Å². The van der Waals surface area contributed by atoms with Crippen molar-refractivity contribution in [3.63, 3.8) is 0 Å². The summed E-state index contributed by atoms with van der Waals surface area (Å²) < 4.78 is 16.5. The third-order valence-corrected chi connectivity index (χ3v) is 2.74. The van der Waals surface area contributed by atoms with Crippen LogP contribution in [0.2, 0.25) is 0 Å². The number of alkyl halides is 1. The van der Waals surface area contributed by atoms with Crippen LogP contribution in [0.25, 0.3) is 11.0 Å². The fourth-order valence-corrected chi connectivity index (χ4v) is 2.01. The molecule has 0 aliphatic carbocycles. The summed E-state index contributed by atoms with van der Waals surface area (Å²) in [4.78, 5) is 0. The highest BCUT2D eigenvalue weighted by Gasteiger charge is 2.17. The molecule has 0 aliphatic heterocycles. The van der Waals surface area contributed by atoms with E-state index in [1.165, 1.54) is 0 Å². The average molecular weight is 270 g/mol. The molecule has 1 aromatic carbocycles. The molecular formula is C13H16ClNO3. The first-order valence-electron chi connectivity index (χ1n) is 6.04. The lowest BCUT2D eigenvalue weighted by Gasteiger charge is -2.10. The summed E-state index contributed by atoms with van der Waals surface area (Å²) in [5, 5.41) is 4.97. The van der Waals surface area contributed by atoms with E-state index in [1.54, 1.807) is 0 Å². The van der Waals surface area contributed by atoms with Crippen molar-refractivity contribution in [3.05, 3.63) is 17.8 Å². The van der Waals surface area contributed by atoms with Crippen molar-refractivity contribution in [2.75, 3.05) is 19.1 Å². The Morgan fingerprint density at radius 1 is 1.22 bits per heavy atom. The van der Waals surface area contributed by atoms with Crippen molar-refractivity contribution < 1.29 is 14.0 Å². The number of ether oxygens (including phenoxy) is 2. The molecule has 1 heterocycles. The maximum atomic E-state index is 5.74. The number of hydrogen-bond acceptors (Lipinski definition) is 4. The van der Waals surface area contributed by atoms with E-state index < -0.39 is 0 Å². The molecule has 98 valence electrons. The molecule has 0 radical (unpaired) electrons. The van der Waals surface area contributed by atoms with E-state index >= 15 is 0 Å². The molecule has 1 aromatic heterocycles. The normalized spacial score (nSPS) is 10.8. The quantitative estimate of drug-likeness (QED) is 0.754. The number of fused-ring (bicyclic) bond motifs is 1. The first kappa shape index (κ1) is 13.0. The van der Waals surface area contributed by atoms with Gasteiger partial charge < -0.3 is 14.0 Å². The second-order valence-corrected chi connectivity index (χ2v) is 4.08. The monoisotopic (exact) mass is 269 g/mol. The van der Waals surface area contributed by atoms with Gasteiger partial charge in [0.2, 0.25) is 11.3 Å². The Bertz CT molecular complexity index is 524. The lowest BCUT2D eigenvalue weighted by Crippen LogP contribution is -1.98. The maximum absolute atomic E-state index is 5.74. The van der Waals surface area contributed by atoms with Gasteiger partial charge in [-0.3, -0.25) is 0 Å². The SMILES string of the molecule is CCOc1ccc2c(CCCl)noc2c1OCC. The first-order chi connectivity index (χ1) is 8.81. The second kappa shape index (κ2) is 5.96. The smallest absolute Gasteiger partial charge is 0.212 e. The third-order valence-electron chi connectivity index (χ3n) is 2.55. The summed E-state index contributed by atoms with van der Waals surface area (Å²) in [7, 11) is 0. The minimum Gasteiger partial charge on any atom is -0.490 e. The van der Waals surface area contributed by atoms with Crippen LogP contribution < -0.4 is 9.47 Å². The van der Waals surface area contributed by atoms with Gasteiger partial charge in [-0.2, -0.15) is 0 Å². The van der Waals surface area contributed by atoms with Gasteiger partial charge in [-0.25, -0.2) is 0 Å². The number of aromatic nitrogens is 1. The molecule has 0 spiro atoms. The van der Waals surface area contributed by atoms with Crippen LogP contribution in [0.1, 0.15) is 19.5 Å². The molecule has 0 atom stereocenters. The summed E-state index contributed by atoms with van der Waals surface area (Å²) in [6.45, 7) is 4.98. The van der Waals surface area contributed by atoms with Crippen LogP contribution in [0.5, 0.6) is 11.5 Å². The molecule has 0 unspecified atom stereocenters. The van der Waals surface area contributed by atoms with E-state index in [-0.39, 0.29) is 0 Å². The highest BCUT2D eigenvalue weighted by Crippen LogP contribution is 2.37. The molecule has 4 nitrogen and oxygen atoms in total. The minimum atomic E-state index is 0.513. The molecule has 0 aliphatic rings. The summed E-state index contributed by atoms with van der Waals surface area (Å²) in [5.41, 5.74) is 1.48. The average Bonchev–Trinajstić information content (AvgIpc) is 2.77. The van der Waals surface area contributed by atoms with Crippen molar-refractivity contribution in [1.29, 1.82) is 0 Å². The zero-order chi connectivity index (χ0) is 13.0. The van der Waals surface area contributed by atoms with Gasteiger partial charge in [-0.15, -0.1) is 11.6 Å². The van der Waals surface area contributed by atoms with Crippen molar-refractivity contribution in [2.24, 2.45) is 0 Å². The second-order valence-electron chi connectivity index (χ2n) is 3.70. The van der Waals surface area contributed by atoms with Crippen LogP contribution in [-0.4, -0.2) is 24.3 Å². The van der Waals surface area contributed by atoms with Crippen molar-refractivity contribution in [2.45, 2.75) is 20.3 Å². The molecule has 2 aromatic rings. The van der Waals surface area contributed by atoms with Gasteiger partial charge in [0.25, 0.3) is 0 Å². The Balaban J connectivity index is 2.52. The molecule has 2 rings (SSSR count). The van der Waals surface area contributed by atoms with Gasteiger partial charge in [-0.1, -0.05) is 5.16 Å². The zero-order valence-electron chi connectivity index (χ0n) is 10.5. The fraction of sp³-hybridized carbons (Fsp3) is 0.462. The molecule has 5 heteroatoms. The molecule has 0 saturated heterocycles. The van der Waals surface area contributed by atoms with Crippen LogP contribution in [0, 0.1) is 0 Å². The number of hydrogen-bond donors (Lipinski definition) is 0. The van der Waals surface area contributed by atoms with Crippen molar-refractivity contribution in [1.82, 2.24) is 5.16 Å². The van der Waals surface area contributed by atoms with E-state index in [1.807, 2.05) is 26.0 Å². The van der Waals surface area contributed by atoms with Gasteiger partial charge in [0.1, 0.15) is 0 Å². The topological polar surface area (TPSA) is 44.5 Å². The van der Waals surface area contributed by atoms with Gasteiger partial charge in [0.15, 0.2) is 5.75 Å². The van der Waals surface area contributed by atoms with Crippen LogP contribution in [-0.2, 0) is 6.42 Å². The highest BCUT2D eigenvalue weighted by molar-refractivity contribution is 6.18. The summed E-state index contributed by atoms with van der Waals surface area (Å²) in [5.74, 6) is 1.81. The van der Waals surface area contributed by atoms with Gasteiger partial charge in [0, 0.05) is 17.7 Å². The van der Waals surface area contributed by atoms with Crippen molar-refractivity contribution >= 4 is 22.6 Å². The molecule has 18 heavy (non-hydrogen) atoms. The van der Waals surface area contributed by atoms with Gasteiger partial charge in [-0.05, 0) is 26.0 Å². The Labute approximate surface area is 111 Å². The predicted octanol–water partition coefficient (Wildman–Crippen LogP) is 3.41. The third kappa shape index (κ3) is 2.38. The van der Waals surface area contributed by atoms with E-state index in [0.717, 1.165) is 11.1 Å². The number of benzene rings is 1. The summed E-state index contributed by atoms with van der Waals surface area (Å²) in [6.07, 6.45) is 0.675. The summed E-state index contributed by atoms with van der Waals surface area (Å²) in [6, 6.07) is 3.81. The Hall–Kier alpha value is -1.42. The first-order valence-corrected chi connectivity index (χ1v) is 6.58. The molecule has 0 amide bonds. The number of nitrogens with zero attached hydrogens (tertiary/aromatic N) is 1.